The standard InChI is InChI=1S/C30H40BrN3O4S/c1-7-14-32(6)26(36)22-23-27(37)34(20(18-35)16-19-12-10-9-11-13-19)25(30(23)17-21(31)24(22)39-30)28(38)33(15-8-2)29(3,4)5/h7-13,20-25,35H,1-2,14-18H2,3-6H3/t20-,21?,22-,23+,24-,25?,30?/m1/s1. The fraction of sp³-hybridized carbons (Fsp3) is 0.567. The molecule has 1 N–H and O–H groups in total. The molecule has 1 aromatic rings. The van der Waals surface area contributed by atoms with Crippen molar-refractivity contribution >= 4 is 45.4 Å². The van der Waals surface area contributed by atoms with Gasteiger partial charge in [0, 0.05) is 35.8 Å². The fourth-order valence-corrected chi connectivity index (χ4v) is 10.3. The molecule has 3 unspecified atom stereocenters. The van der Waals surface area contributed by atoms with Crippen molar-refractivity contribution in [2.45, 2.75) is 66.1 Å². The normalized spacial score (nSPS) is 30.2. The summed E-state index contributed by atoms with van der Waals surface area (Å²) >= 11 is 5.44. The van der Waals surface area contributed by atoms with Crippen molar-refractivity contribution in [2.75, 3.05) is 26.7 Å². The number of rotatable bonds is 10. The summed E-state index contributed by atoms with van der Waals surface area (Å²) in [5.74, 6) is -1.69. The zero-order valence-electron chi connectivity index (χ0n) is 23.3. The maximum atomic E-state index is 14.6. The number of benzene rings is 1. The van der Waals surface area contributed by atoms with Gasteiger partial charge in [0.2, 0.25) is 17.7 Å². The number of aliphatic hydroxyl groups excluding tert-OH is 1. The number of carbonyl (C=O) groups excluding carboxylic acids is 3. The lowest BCUT2D eigenvalue weighted by Crippen LogP contribution is -2.61. The van der Waals surface area contributed by atoms with Crippen molar-refractivity contribution in [2.24, 2.45) is 11.8 Å². The van der Waals surface area contributed by atoms with Gasteiger partial charge in [0.1, 0.15) is 6.04 Å². The van der Waals surface area contributed by atoms with Gasteiger partial charge in [0.25, 0.3) is 0 Å². The topological polar surface area (TPSA) is 81.2 Å². The number of amides is 3. The molecular weight excluding hydrogens is 578 g/mol. The summed E-state index contributed by atoms with van der Waals surface area (Å²) in [4.78, 5) is 47.9. The number of nitrogens with zero attached hydrogens (tertiary/aromatic N) is 3. The molecule has 39 heavy (non-hydrogen) atoms. The fourth-order valence-electron chi connectivity index (χ4n) is 6.67. The summed E-state index contributed by atoms with van der Waals surface area (Å²) < 4.78 is -0.781. The van der Waals surface area contributed by atoms with Crippen LogP contribution < -0.4 is 0 Å². The van der Waals surface area contributed by atoms with Crippen LogP contribution in [0, 0.1) is 11.8 Å². The smallest absolute Gasteiger partial charge is 0.247 e. The Hall–Kier alpha value is -2.10. The number of alkyl halides is 1. The summed E-state index contributed by atoms with van der Waals surface area (Å²) in [6.07, 6.45) is 4.38. The van der Waals surface area contributed by atoms with Crippen molar-refractivity contribution in [3.8, 4) is 0 Å². The molecule has 0 saturated carbocycles. The van der Waals surface area contributed by atoms with Crippen molar-refractivity contribution in [3.05, 3.63) is 61.2 Å². The first-order chi connectivity index (χ1) is 18.4. The predicted molar refractivity (Wildman–Crippen MR) is 160 cm³/mol. The lowest BCUT2D eigenvalue weighted by Gasteiger charge is -2.43. The molecule has 3 aliphatic rings. The Bertz CT molecular complexity index is 1120. The largest absolute Gasteiger partial charge is 0.394 e. The van der Waals surface area contributed by atoms with E-state index >= 15 is 0 Å². The van der Waals surface area contributed by atoms with E-state index in [9.17, 15) is 19.5 Å². The van der Waals surface area contributed by atoms with Gasteiger partial charge in [0.15, 0.2) is 0 Å². The van der Waals surface area contributed by atoms with Gasteiger partial charge in [-0.15, -0.1) is 24.9 Å². The van der Waals surface area contributed by atoms with Gasteiger partial charge in [-0.25, -0.2) is 0 Å². The molecule has 7 atom stereocenters. The van der Waals surface area contributed by atoms with Gasteiger partial charge in [-0.1, -0.05) is 58.4 Å². The average molecular weight is 619 g/mol. The molecule has 0 aromatic heterocycles. The summed E-state index contributed by atoms with van der Waals surface area (Å²) in [5, 5.41) is 10.5. The molecule has 3 amide bonds. The first-order valence-corrected chi connectivity index (χ1v) is 15.3. The number of halogens is 1. The molecule has 3 heterocycles. The molecule has 3 saturated heterocycles. The SMILES string of the molecule is C=CCN(C)C(=O)[C@H]1[C@@H]2SC3(CC2Br)C(C(=O)N(CC=C)C(C)(C)C)N([C@@H](CO)Cc2ccccc2)C(=O)[C@H]13. The number of hydrogen-bond acceptors (Lipinski definition) is 5. The number of hydrogen-bond donors (Lipinski definition) is 1. The first kappa shape index (κ1) is 29.9. The molecule has 7 nitrogen and oxygen atoms in total. The van der Waals surface area contributed by atoms with Crippen LogP contribution in [0.2, 0.25) is 0 Å². The lowest BCUT2D eigenvalue weighted by molar-refractivity contribution is -0.148. The van der Waals surface area contributed by atoms with Gasteiger partial charge in [-0.05, 0) is 39.2 Å². The summed E-state index contributed by atoms with van der Waals surface area (Å²) in [6.45, 7) is 14.0. The molecule has 9 heteroatoms. The zero-order chi connectivity index (χ0) is 28.7. The maximum Gasteiger partial charge on any atom is 0.247 e. The highest BCUT2D eigenvalue weighted by molar-refractivity contribution is 9.09. The zero-order valence-corrected chi connectivity index (χ0v) is 25.7. The van der Waals surface area contributed by atoms with Crippen molar-refractivity contribution in [1.82, 2.24) is 14.7 Å². The molecule has 2 bridgehead atoms. The Labute approximate surface area is 244 Å². The van der Waals surface area contributed by atoms with Crippen LogP contribution in [0.15, 0.2) is 55.6 Å². The summed E-state index contributed by atoms with van der Waals surface area (Å²) in [6, 6.07) is 8.28. The van der Waals surface area contributed by atoms with Crippen molar-refractivity contribution in [3.63, 3.8) is 0 Å². The third kappa shape index (κ3) is 5.10. The predicted octanol–water partition coefficient (Wildman–Crippen LogP) is 3.51. The van der Waals surface area contributed by atoms with E-state index in [1.807, 2.05) is 51.1 Å². The molecule has 212 valence electrons. The Morgan fingerprint density at radius 3 is 2.41 bits per heavy atom. The Morgan fingerprint density at radius 2 is 1.85 bits per heavy atom. The third-order valence-electron chi connectivity index (χ3n) is 8.33. The second kappa shape index (κ2) is 11.4. The van der Waals surface area contributed by atoms with Crippen LogP contribution in [0.3, 0.4) is 0 Å². The van der Waals surface area contributed by atoms with Crippen LogP contribution in [0.1, 0.15) is 32.8 Å². The van der Waals surface area contributed by atoms with Crippen LogP contribution in [0.5, 0.6) is 0 Å². The van der Waals surface area contributed by atoms with Crippen molar-refractivity contribution < 1.29 is 19.5 Å². The van der Waals surface area contributed by atoms with E-state index in [1.165, 1.54) is 0 Å². The summed E-state index contributed by atoms with van der Waals surface area (Å²) in [7, 11) is 1.73. The van der Waals surface area contributed by atoms with E-state index in [0.717, 1.165) is 5.56 Å². The highest BCUT2D eigenvalue weighted by Crippen LogP contribution is 2.68. The molecule has 3 fully saturated rings. The molecule has 1 spiro atoms. The Morgan fingerprint density at radius 1 is 1.21 bits per heavy atom. The highest BCUT2D eigenvalue weighted by Gasteiger charge is 2.76. The number of likely N-dealkylation sites (N-methyl/N-ethyl adjacent to an activating group) is 1. The van der Waals surface area contributed by atoms with Crippen LogP contribution in [0.25, 0.3) is 0 Å². The molecule has 4 rings (SSSR count). The number of aliphatic hydroxyl groups is 1. The minimum Gasteiger partial charge on any atom is -0.394 e. The molecule has 1 aromatic carbocycles. The van der Waals surface area contributed by atoms with Gasteiger partial charge in [-0.3, -0.25) is 14.4 Å². The minimum atomic E-state index is -0.812. The van der Waals surface area contributed by atoms with Crippen molar-refractivity contribution in [1.29, 1.82) is 0 Å². The Balaban J connectivity index is 1.84. The van der Waals surface area contributed by atoms with Crippen LogP contribution in [-0.2, 0) is 20.8 Å². The molecule has 3 aliphatic heterocycles. The Kier molecular flexibility index (Phi) is 8.74. The van der Waals surface area contributed by atoms with E-state index in [4.69, 9.17) is 0 Å². The second-order valence-corrected chi connectivity index (χ2v) is 14.6. The van der Waals surface area contributed by atoms with Crippen LogP contribution in [-0.4, -0.2) is 96.7 Å². The van der Waals surface area contributed by atoms with E-state index in [0.29, 0.717) is 25.9 Å². The van der Waals surface area contributed by atoms with E-state index in [-0.39, 0.29) is 34.4 Å². The number of likely N-dealkylation sites (tertiary alicyclic amines) is 1. The van der Waals surface area contributed by atoms with E-state index < -0.39 is 34.2 Å². The maximum absolute atomic E-state index is 14.6. The van der Waals surface area contributed by atoms with Gasteiger partial charge >= 0.3 is 0 Å². The quantitative estimate of drug-likeness (QED) is 0.321. The molecular formula is C30H40BrN3O4S. The summed E-state index contributed by atoms with van der Waals surface area (Å²) in [5.41, 5.74) is 0.453. The van der Waals surface area contributed by atoms with E-state index in [1.54, 1.807) is 45.7 Å². The second-order valence-electron chi connectivity index (χ2n) is 11.9. The number of carbonyl (C=O) groups is 3. The number of thioether (sulfide) groups is 1. The van der Waals surface area contributed by atoms with Gasteiger partial charge in [-0.2, -0.15) is 0 Å². The van der Waals surface area contributed by atoms with Gasteiger partial charge < -0.3 is 19.8 Å². The lowest BCUT2D eigenvalue weighted by atomic mass is 9.70. The van der Waals surface area contributed by atoms with Crippen LogP contribution >= 0.6 is 27.7 Å². The monoisotopic (exact) mass is 617 g/mol. The highest BCUT2D eigenvalue weighted by atomic mass is 79.9. The van der Waals surface area contributed by atoms with Gasteiger partial charge in [0.05, 0.1) is 29.2 Å². The first-order valence-electron chi connectivity index (χ1n) is 13.5. The van der Waals surface area contributed by atoms with E-state index in [2.05, 4.69) is 29.1 Å². The third-order valence-corrected chi connectivity index (χ3v) is 11.6. The van der Waals surface area contributed by atoms with Crippen LogP contribution in [0.4, 0.5) is 0 Å². The molecule has 0 aliphatic carbocycles. The molecule has 0 radical (unpaired) electrons. The number of fused-ring (bicyclic) bond motifs is 1. The average Bonchev–Trinajstić information content (AvgIpc) is 3.48. The minimum absolute atomic E-state index is 0.0166.